The first kappa shape index (κ1) is 19.2. The van der Waals surface area contributed by atoms with Crippen LogP contribution in [-0.4, -0.2) is 28.8 Å². The van der Waals surface area contributed by atoms with Gasteiger partial charge < -0.3 is 5.32 Å². The Morgan fingerprint density at radius 1 is 1.24 bits per heavy atom. The van der Waals surface area contributed by atoms with Gasteiger partial charge in [0.05, 0.1) is 21.0 Å². The van der Waals surface area contributed by atoms with Gasteiger partial charge in [0, 0.05) is 24.4 Å². The van der Waals surface area contributed by atoms with Crippen molar-refractivity contribution in [1.82, 2.24) is 4.90 Å². The molecule has 132 valence electrons. The monoisotopic (exact) mass is 381 g/mol. The number of nitro benzene ring substituents is 1. The second-order valence-electron chi connectivity index (χ2n) is 5.60. The molecule has 1 atom stereocenters. The highest BCUT2D eigenvalue weighted by Crippen LogP contribution is 2.26. The first-order valence-corrected chi connectivity index (χ1v) is 8.23. The van der Waals surface area contributed by atoms with Crippen LogP contribution in [0.25, 0.3) is 0 Å². The van der Waals surface area contributed by atoms with Crippen LogP contribution in [0.1, 0.15) is 12.5 Å². The van der Waals surface area contributed by atoms with E-state index in [0.29, 0.717) is 22.3 Å². The lowest BCUT2D eigenvalue weighted by atomic mass is 10.2. The number of amides is 1. The zero-order valence-electron chi connectivity index (χ0n) is 13.7. The van der Waals surface area contributed by atoms with Crippen molar-refractivity contribution >= 4 is 40.5 Å². The second kappa shape index (κ2) is 8.29. The number of nitrogens with one attached hydrogen (secondary N) is 1. The van der Waals surface area contributed by atoms with E-state index in [2.05, 4.69) is 5.32 Å². The van der Waals surface area contributed by atoms with Crippen molar-refractivity contribution in [3.8, 4) is 0 Å². The summed E-state index contributed by atoms with van der Waals surface area (Å²) in [6, 6.07) is 10.6. The van der Waals surface area contributed by atoms with Crippen LogP contribution >= 0.6 is 23.2 Å². The SMILES string of the molecule is CC(C(=O)Nc1ccc([N+](=O)[O-])cc1)N(C)Cc1cccc(Cl)c1Cl. The average molecular weight is 382 g/mol. The molecule has 0 fully saturated rings. The molecule has 8 heteroatoms. The molecule has 0 spiro atoms. The van der Waals surface area contributed by atoms with Gasteiger partial charge in [-0.25, -0.2) is 0 Å². The molecule has 0 saturated heterocycles. The summed E-state index contributed by atoms with van der Waals surface area (Å²) in [5.41, 5.74) is 1.29. The minimum atomic E-state index is -0.489. The first-order chi connectivity index (χ1) is 11.8. The maximum absolute atomic E-state index is 12.4. The Balaban J connectivity index is 2.01. The molecule has 0 aliphatic heterocycles. The molecule has 0 aliphatic carbocycles. The maximum atomic E-state index is 12.4. The molecule has 0 radical (unpaired) electrons. The molecule has 1 amide bonds. The molecule has 2 rings (SSSR count). The number of rotatable bonds is 6. The number of carbonyl (C=O) groups excluding carboxylic acids is 1. The summed E-state index contributed by atoms with van der Waals surface area (Å²) in [7, 11) is 1.80. The average Bonchev–Trinajstić information content (AvgIpc) is 2.58. The number of nitrogens with zero attached hydrogens (tertiary/aromatic N) is 2. The molecular weight excluding hydrogens is 365 g/mol. The van der Waals surface area contributed by atoms with E-state index in [1.54, 1.807) is 26.1 Å². The van der Waals surface area contributed by atoms with E-state index in [9.17, 15) is 14.9 Å². The van der Waals surface area contributed by atoms with Gasteiger partial charge in [-0.1, -0.05) is 35.3 Å². The van der Waals surface area contributed by atoms with Gasteiger partial charge in [0.2, 0.25) is 5.91 Å². The summed E-state index contributed by atoms with van der Waals surface area (Å²) in [5, 5.41) is 14.3. The van der Waals surface area contributed by atoms with Gasteiger partial charge in [0.25, 0.3) is 5.69 Å². The van der Waals surface area contributed by atoms with E-state index >= 15 is 0 Å². The molecule has 2 aromatic carbocycles. The van der Waals surface area contributed by atoms with E-state index in [1.165, 1.54) is 24.3 Å². The van der Waals surface area contributed by atoms with Crippen LogP contribution < -0.4 is 5.32 Å². The molecular formula is C17H17Cl2N3O3. The van der Waals surface area contributed by atoms with Crippen molar-refractivity contribution in [2.24, 2.45) is 0 Å². The van der Waals surface area contributed by atoms with Crippen molar-refractivity contribution in [3.63, 3.8) is 0 Å². The summed E-state index contributed by atoms with van der Waals surface area (Å²) in [4.78, 5) is 24.4. The van der Waals surface area contributed by atoms with E-state index in [1.807, 2.05) is 11.0 Å². The molecule has 0 aromatic heterocycles. The van der Waals surface area contributed by atoms with Crippen LogP contribution in [0.4, 0.5) is 11.4 Å². The van der Waals surface area contributed by atoms with Crippen molar-refractivity contribution in [2.45, 2.75) is 19.5 Å². The topological polar surface area (TPSA) is 75.5 Å². The van der Waals surface area contributed by atoms with E-state index < -0.39 is 11.0 Å². The number of hydrogen-bond acceptors (Lipinski definition) is 4. The lowest BCUT2D eigenvalue weighted by Gasteiger charge is -2.24. The van der Waals surface area contributed by atoms with Crippen molar-refractivity contribution in [1.29, 1.82) is 0 Å². The number of nitro groups is 1. The normalized spacial score (nSPS) is 12.0. The van der Waals surface area contributed by atoms with Gasteiger partial charge >= 0.3 is 0 Å². The number of non-ortho nitro benzene ring substituents is 1. The Labute approximate surface area is 155 Å². The maximum Gasteiger partial charge on any atom is 0.269 e. The molecule has 1 unspecified atom stereocenters. The largest absolute Gasteiger partial charge is 0.325 e. The molecule has 6 nitrogen and oxygen atoms in total. The molecule has 25 heavy (non-hydrogen) atoms. The van der Waals surface area contributed by atoms with Crippen LogP contribution in [0.3, 0.4) is 0 Å². The van der Waals surface area contributed by atoms with Gasteiger partial charge in [0.1, 0.15) is 0 Å². The number of benzene rings is 2. The first-order valence-electron chi connectivity index (χ1n) is 7.48. The third kappa shape index (κ3) is 4.92. The third-order valence-electron chi connectivity index (χ3n) is 3.84. The van der Waals surface area contributed by atoms with Crippen LogP contribution in [0.2, 0.25) is 10.0 Å². The minimum absolute atomic E-state index is 0.0289. The summed E-state index contributed by atoms with van der Waals surface area (Å²) < 4.78 is 0. The van der Waals surface area contributed by atoms with Gasteiger partial charge in [-0.15, -0.1) is 0 Å². The van der Waals surface area contributed by atoms with Gasteiger partial charge in [0.15, 0.2) is 0 Å². The summed E-state index contributed by atoms with van der Waals surface area (Å²) in [6.45, 7) is 2.22. The van der Waals surface area contributed by atoms with Gasteiger partial charge in [-0.05, 0) is 37.7 Å². The fourth-order valence-corrected chi connectivity index (χ4v) is 2.57. The Hall–Kier alpha value is -2.15. The van der Waals surface area contributed by atoms with Gasteiger partial charge in [-0.3, -0.25) is 19.8 Å². The van der Waals surface area contributed by atoms with Crippen LogP contribution in [0, 0.1) is 10.1 Å². The van der Waals surface area contributed by atoms with Crippen molar-refractivity contribution < 1.29 is 9.72 Å². The van der Waals surface area contributed by atoms with E-state index in [-0.39, 0.29) is 11.6 Å². The Morgan fingerprint density at radius 2 is 1.88 bits per heavy atom. The number of carbonyl (C=O) groups is 1. The van der Waals surface area contributed by atoms with Crippen LogP contribution in [-0.2, 0) is 11.3 Å². The standard InChI is InChI=1S/C17H17Cl2N3O3/c1-11(21(2)10-12-4-3-5-15(18)16(12)19)17(23)20-13-6-8-14(9-7-13)22(24)25/h3-9,11H,10H2,1-2H3,(H,20,23). The smallest absolute Gasteiger partial charge is 0.269 e. The summed E-state index contributed by atoms with van der Waals surface area (Å²) in [5.74, 6) is -0.227. The number of anilines is 1. The lowest BCUT2D eigenvalue weighted by molar-refractivity contribution is -0.384. The zero-order valence-corrected chi connectivity index (χ0v) is 15.2. The molecule has 2 aromatic rings. The predicted octanol–water partition coefficient (Wildman–Crippen LogP) is 4.36. The molecule has 0 heterocycles. The third-order valence-corrected chi connectivity index (χ3v) is 4.70. The lowest BCUT2D eigenvalue weighted by Crippen LogP contribution is -2.39. The minimum Gasteiger partial charge on any atom is -0.325 e. The molecule has 0 saturated carbocycles. The summed E-state index contributed by atoms with van der Waals surface area (Å²) >= 11 is 12.2. The Bertz CT molecular complexity index is 781. The summed E-state index contributed by atoms with van der Waals surface area (Å²) in [6.07, 6.45) is 0. The van der Waals surface area contributed by atoms with E-state index in [4.69, 9.17) is 23.2 Å². The highest BCUT2D eigenvalue weighted by molar-refractivity contribution is 6.42. The van der Waals surface area contributed by atoms with E-state index in [0.717, 1.165) is 5.56 Å². The second-order valence-corrected chi connectivity index (χ2v) is 6.38. The predicted molar refractivity (Wildman–Crippen MR) is 99.1 cm³/mol. The van der Waals surface area contributed by atoms with Crippen LogP contribution in [0.15, 0.2) is 42.5 Å². The fraction of sp³-hybridized carbons (Fsp3) is 0.235. The van der Waals surface area contributed by atoms with Crippen molar-refractivity contribution in [2.75, 3.05) is 12.4 Å². The van der Waals surface area contributed by atoms with Crippen molar-refractivity contribution in [3.05, 3.63) is 68.2 Å². The Morgan fingerprint density at radius 3 is 2.48 bits per heavy atom. The van der Waals surface area contributed by atoms with Crippen LogP contribution in [0.5, 0.6) is 0 Å². The number of halogens is 2. The molecule has 1 N–H and O–H groups in total. The number of hydrogen-bond donors (Lipinski definition) is 1. The molecule has 0 bridgehead atoms. The number of likely N-dealkylation sites (N-methyl/N-ethyl adjacent to an activating group) is 1. The zero-order chi connectivity index (χ0) is 18.6. The highest BCUT2D eigenvalue weighted by Gasteiger charge is 2.19. The highest BCUT2D eigenvalue weighted by atomic mass is 35.5. The van der Waals surface area contributed by atoms with Gasteiger partial charge in [-0.2, -0.15) is 0 Å². The molecule has 0 aliphatic rings. The Kier molecular flexibility index (Phi) is 6.36. The quantitative estimate of drug-likeness (QED) is 0.595. The fourth-order valence-electron chi connectivity index (χ4n) is 2.19.